The van der Waals surface area contributed by atoms with Gasteiger partial charge in [0.2, 0.25) is 0 Å². The second-order valence-corrected chi connectivity index (χ2v) is 22.6. The average Bonchev–Trinajstić information content (AvgIpc) is 4.30. The molecule has 0 saturated heterocycles. The molecular formula is C70H43NO4. The molecule has 6 aliphatic carbocycles. The summed E-state index contributed by atoms with van der Waals surface area (Å²) in [5.41, 5.74) is 17.1. The smallest absolute Gasteiger partial charge is 0.177 e. The highest BCUT2D eigenvalue weighted by Crippen LogP contribution is 2.61. The summed E-state index contributed by atoms with van der Waals surface area (Å²) in [7, 11) is 0. The van der Waals surface area contributed by atoms with Gasteiger partial charge in [-0.1, -0.05) is 133 Å². The first-order valence-electron chi connectivity index (χ1n) is 26.2. The Morgan fingerprint density at radius 2 is 0.680 bits per heavy atom. The van der Waals surface area contributed by atoms with Crippen molar-refractivity contribution in [3.05, 3.63) is 255 Å². The van der Waals surface area contributed by atoms with Crippen LogP contribution in [-0.4, -0.2) is 16.0 Å². The maximum Gasteiger partial charge on any atom is 0.177 e. The summed E-state index contributed by atoms with van der Waals surface area (Å²) in [6.07, 6.45) is 0. The van der Waals surface area contributed by atoms with E-state index < -0.39 is 21.7 Å². The molecule has 6 aliphatic rings. The Morgan fingerprint density at radius 3 is 1.07 bits per heavy atom. The van der Waals surface area contributed by atoms with Gasteiger partial charge in [-0.3, -0.25) is 9.59 Å². The van der Waals surface area contributed by atoms with E-state index in [0.29, 0.717) is 0 Å². The van der Waals surface area contributed by atoms with Crippen LogP contribution in [0.25, 0.3) is 93.1 Å². The Labute approximate surface area is 429 Å². The molecule has 0 N–H and O–H groups in total. The topological polar surface area (TPSA) is 64.8 Å². The van der Waals surface area contributed by atoms with E-state index in [0.717, 1.165) is 160 Å². The Bertz CT molecular complexity index is 4670. The molecule has 75 heavy (non-hydrogen) atoms. The molecule has 352 valence electrons. The average molecular weight is 962 g/mol. The van der Waals surface area contributed by atoms with Crippen molar-refractivity contribution < 1.29 is 18.4 Å². The van der Waals surface area contributed by atoms with Gasteiger partial charge >= 0.3 is 0 Å². The number of furan rings is 2. The summed E-state index contributed by atoms with van der Waals surface area (Å²) in [4.78, 5) is 32.0. The van der Waals surface area contributed by atoms with Crippen LogP contribution in [-0.2, 0) is 21.7 Å². The third-order valence-electron chi connectivity index (χ3n) is 19.5. The molecule has 0 spiro atoms. The Balaban J connectivity index is 1.04. The van der Waals surface area contributed by atoms with Crippen LogP contribution in [0.5, 0.6) is 0 Å². The summed E-state index contributed by atoms with van der Waals surface area (Å²) < 4.78 is 16.3. The summed E-state index contributed by atoms with van der Waals surface area (Å²) in [5.74, 6) is 0.179. The van der Waals surface area contributed by atoms with Gasteiger partial charge in [-0.2, -0.15) is 0 Å². The number of rotatable bonds is 1. The van der Waals surface area contributed by atoms with Crippen LogP contribution in [0.2, 0.25) is 0 Å². The molecule has 0 unspecified atom stereocenters. The largest absolute Gasteiger partial charge is 0.455 e. The molecule has 20 rings (SSSR count). The van der Waals surface area contributed by atoms with Crippen LogP contribution < -0.4 is 0 Å². The Morgan fingerprint density at radius 1 is 0.333 bits per heavy atom. The zero-order valence-electron chi connectivity index (χ0n) is 41.5. The number of fused-ring (bicyclic) bond motifs is 12. The lowest BCUT2D eigenvalue weighted by Crippen LogP contribution is -2.40. The van der Waals surface area contributed by atoms with Gasteiger partial charge in [-0.15, -0.1) is 0 Å². The normalized spacial score (nSPS) is 22.1. The number of ketones is 2. The lowest BCUT2D eigenvalue weighted by Gasteiger charge is -2.43. The van der Waals surface area contributed by atoms with Crippen LogP contribution in [0.1, 0.15) is 104 Å². The number of hydrogen-bond acceptors (Lipinski definition) is 4. The second kappa shape index (κ2) is 12.8. The minimum absolute atomic E-state index is 0.0895. The molecule has 0 atom stereocenters. The third kappa shape index (κ3) is 4.29. The number of Topliss-reactive ketones (excluding diaryl/α,β-unsaturated/α-hetero) is 2. The van der Waals surface area contributed by atoms with Gasteiger partial charge in [0.25, 0.3) is 0 Å². The van der Waals surface area contributed by atoms with Gasteiger partial charge in [-0.05, 0) is 143 Å². The molecule has 4 bridgehead atoms. The standard InChI is InChI=1S/C70H43NO4/c1-67-47-19-7-11-23-51(47)69(3,52-24-12-8-20-48(52)67)65(72)45-34-57-39(32-55(45)67)41-29-36(61-63-43(37-17-5-15-27-59(37)74-63)31-44-38-18-6-16-28-60(38)75-64(44)61)30-42-40-33-56-46(35-58(40)71(57)62(41)42)66(73)70(4)53-25-13-9-21-49(53)68(56,2)50-22-10-14-26-54(50)70/h5-35H,1-4H3. The van der Waals surface area contributed by atoms with Gasteiger partial charge in [0.15, 0.2) is 11.6 Å². The van der Waals surface area contributed by atoms with Crippen molar-refractivity contribution in [1.29, 1.82) is 0 Å². The van der Waals surface area contributed by atoms with E-state index in [-0.39, 0.29) is 11.6 Å². The van der Waals surface area contributed by atoms with Crippen LogP contribution >= 0.6 is 0 Å². The molecule has 4 aromatic heterocycles. The van der Waals surface area contributed by atoms with Crippen molar-refractivity contribution in [1.82, 2.24) is 4.40 Å². The van der Waals surface area contributed by atoms with Gasteiger partial charge < -0.3 is 13.2 Å². The van der Waals surface area contributed by atoms with E-state index in [1.807, 2.05) is 24.3 Å². The summed E-state index contributed by atoms with van der Waals surface area (Å²) in [6, 6.07) is 66.9. The molecule has 5 nitrogen and oxygen atoms in total. The minimum Gasteiger partial charge on any atom is -0.455 e. The quantitative estimate of drug-likeness (QED) is 0.164. The molecular weight excluding hydrogens is 919 g/mol. The highest BCUT2D eigenvalue weighted by atomic mass is 16.3. The minimum atomic E-state index is -0.917. The highest BCUT2D eigenvalue weighted by Gasteiger charge is 2.57. The lowest BCUT2D eigenvalue weighted by molar-refractivity contribution is 0.0916. The van der Waals surface area contributed by atoms with Gasteiger partial charge in [0.1, 0.15) is 22.3 Å². The van der Waals surface area contributed by atoms with E-state index >= 15 is 9.59 Å². The molecule has 4 heterocycles. The zero-order chi connectivity index (χ0) is 49.8. The van der Waals surface area contributed by atoms with Crippen molar-refractivity contribution in [2.75, 3.05) is 0 Å². The number of carbonyl (C=O) groups is 2. The summed E-state index contributed by atoms with van der Waals surface area (Å²) in [6.45, 7) is 8.89. The molecule has 14 aromatic rings. The zero-order valence-corrected chi connectivity index (χ0v) is 41.5. The van der Waals surface area contributed by atoms with E-state index in [2.05, 4.69) is 196 Å². The van der Waals surface area contributed by atoms with Crippen molar-refractivity contribution in [3.63, 3.8) is 0 Å². The van der Waals surface area contributed by atoms with Crippen molar-refractivity contribution in [2.24, 2.45) is 0 Å². The number of aromatic nitrogens is 1. The molecule has 0 saturated carbocycles. The Kier molecular flexibility index (Phi) is 6.91. The van der Waals surface area contributed by atoms with Crippen LogP contribution in [0.15, 0.2) is 197 Å². The number of carbonyl (C=O) groups excluding carboxylic acids is 2. The monoisotopic (exact) mass is 961 g/mol. The van der Waals surface area contributed by atoms with Gasteiger partial charge in [0, 0.05) is 65.0 Å². The van der Waals surface area contributed by atoms with Crippen molar-refractivity contribution in [3.8, 4) is 11.1 Å². The van der Waals surface area contributed by atoms with Crippen LogP contribution in [0.3, 0.4) is 0 Å². The van der Waals surface area contributed by atoms with Crippen LogP contribution in [0.4, 0.5) is 0 Å². The molecule has 0 aliphatic heterocycles. The predicted molar refractivity (Wildman–Crippen MR) is 300 cm³/mol. The lowest BCUT2D eigenvalue weighted by atomic mass is 9.59. The SMILES string of the molecule is CC12C(=O)c3cc4c(cc3C(C)(c3ccccc31)c1ccccc12)c1cc(-c2c3oc5ccccc5c3cc3c2oc2ccccc23)cc2c3cc5c(cc3n4c12)C(=O)C1(C)c2ccccc2C5(C)c2ccccc21. The third-order valence-corrected chi connectivity index (χ3v) is 19.5. The van der Waals surface area contributed by atoms with E-state index in [1.165, 1.54) is 0 Å². The number of benzene rings is 10. The second-order valence-electron chi connectivity index (χ2n) is 22.6. The first-order valence-corrected chi connectivity index (χ1v) is 26.2. The summed E-state index contributed by atoms with van der Waals surface area (Å²) in [5, 5.41) is 8.31. The fraction of sp³-hybridized carbons (Fsp3) is 0.114. The van der Waals surface area contributed by atoms with E-state index in [1.54, 1.807) is 0 Å². The first kappa shape index (κ1) is 40.4. The molecule has 5 heteroatoms. The predicted octanol–water partition coefficient (Wildman–Crippen LogP) is 16.6. The molecule has 0 radical (unpaired) electrons. The maximum atomic E-state index is 16.0. The highest BCUT2D eigenvalue weighted by molar-refractivity contribution is 6.29. The van der Waals surface area contributed by atoms with Crippen LogP contribution in [0, 0.1) is 0 Å². The van der Waals surface area contributed by atoms with Crippen molar-refractivity contribution in [2.45, 2.75) is 49.4 Å². The maximum absolute atomic E-state index is 16.0. The molecule has 10 aromatic carbocycles. The number of nitrogens with zero attached hydrogens (tertiary/aromatic N) is 1. The van der Waals surface area contributed by atoms with Gasteiger partial charge in [0.05, 0.1) is 32.9 Å². The fourth-order valence-corrected chi connectivity index (χ4v) is 15.9. The Hall–Kier alpha value is -9.06. The summed E-state index contributed by atoms with van der Waals surface area (Å²) >= 11 is 0. The number of para-hydroxylation sites is 2. The van der Waals surface area contributed by atoms with E-state index in [9.17, 15) is 0 Å². The van der Waals surface area contributed by atoms with Crippen molar-refractivity contribution >= 4 is 93.5 Å². The molecule has 0 amide bonds. The van der Waals surface area contributed by atoms with Gasteiger partial charge in [-0.25, -0.2) is 0 Å². The first-order chi connectivity index (χ1) is 36.5. The fourth-order valence-electron chi connectivity index (χ4n) is 15.9. The molecule has 0 fully saturated rings. The number of hydrogen-bond donors (Lipinski definition) is 0. The van der Waals surface area contributed by atoms with E-state index in [4.69, 9.17) is 8.83 Å².